The lowest BCUT2D eigenvalue weighted by Crippen LogP contribution is -2.52. The molecular formula is C11H15BrN2O2S. The highest BCUT2D eigenvalue weighted by atomic mass is 79.9. The normalized spacial score (nSPS) is 23.6. The summed E-state index contributed by atoms with van der Waals surface area (Å²) in [6.45, 7) is 0.876. The van der Waals surface area contributed by atoms with Crippen LogP contribution in [0.15, 0.2) is 28.7 Å². The molecule has 0 aliphatic carbocycles. The molecular weight excluding hydrogens is 304 g/mol. The third-order valence-corrected chi connectivity index (χ3v) is 5.19. The minimum atomic E-state index is -2.92. The smallest absolute Gasteiger partial charge is 0.154 e. The van der Waals surface area contributed by atoms with Gasteiger partial charge in [-0.15, -0.1) is 0 Å². The van der Waals surface area contributed by atoms with Crippen molar-refractivity contribution in [1.82, 2.24) is 0 Å². The molecule has 1 aliphatic heterocycles. The van der Waals surface area contributed by atoms with Crippen LogP contribution in [0, 0.1) is 0 Å². The first-order chi connectivity index (χ1) is 8.02. The van der Waals surface area contributed by atoms with Gasteiger partial charge in [-0.3, -0.25) is 0 Å². The molecule has 1 heterocycles. The molecule has 0 radical (unpaired) electrons. The Morgan fingerprint density at radius 2 is 2.00 bits per heavy atom. The van der Waals surface area contributed by atoms with E-state index in [0.717, 1.165) is 10.2 Å². The van der Waals surface area contributed by atoms with E-state index in [2.05, 4.69) is 20.8 Å². The number of benzene rings is 1. The molecule has 0 amide bonds. The Hall–Kier alpha value is -0.590. The van der Waals surface area contributed by atoms with E-state index in [9.17, 15) is 8.42 Å². The Kier molecular flexibility index (Phi) is 3.75. The first-order valence-corrected chi connectivity index (χ1v) is 8.06. The molecule has 0 saturated carbocycles. The first kappa shape index (κ1) is 12.9. The van der Waals surface area contributed by atoms with E-state index in [4.69, 9.17) is 5.73 Å². The van der Waals surface area contributed by atoms with E-state index in [0.29, 0.717) is 13.1 Å². The number of rotatable bonds is 2. The lowest BCUT2D eigenvalue weighted by atomic mass is 10.2. The van der Waals surface area contributed by atoms with Crippen LogP contribution in [0.1, 0.15) is 0 Å². The zero-order chi connectivity index (χ0) is 12.5. The number of nitrogens with two attached hydrogens (primary N) is 1. The van der Waals surface area contributed by atoms with Gasteiger partial charge in [-0.05, 0) is 24.3 Å². The average Bonchev–Trinajstić information content (AvgIpc) is 2.29. The van der Waals surface area contributed by atoms with E-state index in [-0.39, 0.29) is 17.5 Å². The molecule has 6 heteroatoms. The first-order valence-electron chi connectivity index (χ1n) is 5.44. The van der Waals surface area contributed by atoms with Gasteiger partial charge in [0.2, 0.25) is 0 Å². The maximum absolute atomic E-state index is 11.6. The van der Waals surface area contributed by atoms with Gasteiger partial charge in [0.1, 0.15) is 0 Å². The van der Waals surface area contributed by atoms with Crippen molar-refractivity contribution in [2.45, 2.75) is 6.04 Å². The van der Waals surface area contributed by atoms with Crippen molar-refractivity contribution < 1.29 is 8.42 Å². The Morgan fingerprint density at radius 1 is 1.35 bits per heavy atom. The van der Waals surface area contributed by atoms with Gasteiger partial charge in [-0.2, -0.15) is 0 Å². The van der Waals surface area contributed by atoms with Crippen molar-refractivity contribution >= 4 is 31.5 Å². The summed E-state index contributed by atoms with van der Waals surface area (Å²) in [6.07, 6.45) is 0. The monoisotopic (exact) mass is 318 g/mol. The van der Waals surface area contributed by atoms with Crippen LogP contribution in [0.2, 0.25) is 0 Å². The summed E-state index contributed by atoms with van der Waals surface area (Å²) in [5.74, 6) is 0.360. The molecule has 1 unspecified atom stereocenters. The number of nitrogens with zero attached hydrogens (tertiary/aromatic N) is 1. The SMILES string of the molecule is NCC1CS(=O)(=O)CCN1c1ccc(Br)cc1. The van der Waals surface area contributed by atoms with E-state index in [1.807, 2.05) is 24.3 Å². The topological polar surface area (TPSA) is 63.4 Å². The predicted molar refractivity (Wildman–Crippen MR) is 73.0 cm³/mol. The Balaban J connectivity index is 2.23. The lowest BCUT2D eigenvalue weighted by molar-refractivity contribution is 0.559. The second kappa shape index (κ2) is 4.96. The van der Waals surface area contributed by atoms with Gasteiger partial charge < -0.3 is 10.6 Å². The minimum absolute atomic E-state index is 0.116. The van der Waals surface area contributed by atoms with E-state index in [1.165, 1.54) is 0 Å². The van der Waals surface area contributed by atoms with Crippen LogP contribution in [0.25, 0.3) is 0 Å². The Morgan fingerprint density at radius 3 is 2.59 bits per heavy atom. The molecule has 94 valence electrons. The molecule has 1 saturated heterocycles. The summed E-state index contributed by atoms with van der Waals surface area (Å²) < 4.78 is 24.1. The van der Waals surface area contributed by atoms with Crippen molar-refractivity contribution in [2.75, 3.05) is 29.5 Å². The zero-order valence-corrected chi connectivity index (χ0v) is 11.7. The van der Waals surface area contributed by atoms with E-state index in [1.54, 1.807) is 0 Å². The summed E-state index contributed by atoms with van der Waals surface area (Å²) in [6, 6.07) is 7.74. The molecule has 17 heavy (non-hydrogen) atoms. The zero-order valence-electron chi connectivity index (χ0n) is 9.34. The number of halogens is 1. The number of hydrogen-bond acceptors (Lipinski definition) is 4. The third kappa shape index (κ3) is 3.00. The molecule has 1 aliphatic rings. The summed E-state index contributed by atoms with van der Waals surface area (Å²) in [7, 11) is -2.92. The van der Waals surface area contributed by atoms with Crippen molar-refractivity contribution in [3.8, 4) is 0 Å². The summed E-state index contributed by atoms with van der Waals surface area (Å²) in [5, 5.41) is 0. The molecule has 2 N–H and O–H groups in total. The van der Waals surface area contributed by atoms with Gasteiger partial charge in [0.15, 0.2) is 9.84 Å². The number of sulfone groups is 1. The largest absolute Gasteiger partial charge is 0.365 e. The average molecular weight is 319 g/mol. The minimum Gasteiger partial charge on any atom is -0.365 e. The molecule has 0 bridgehead atoms. The number of hydrogen-bond donors (Lipinski definition) is 1. The standard InChI is InChI=1S/C11H15BrN2O2S/c12-9-1-3-10(4-2-9)14-5-6-17(15,16)8-11(14)7-13/h1-4,11H,5-8,13H2. The van der Waals surface area contributed by atoms with Gasteiger partial charge in [0, 0.05) is 23.2 Å². The van der Waals surface area contributed by atoms with Crippen LogP contribution in [-0.4, -0.2) is 39.1 Å². The molecule has 4 nitrogen and oxygen atoms in total. The maximum Gasteiger partial charge on any atom is 0.154 e. The highest BCUT2D eigenvalue weighted by Crippen LogP contribution is 2.23. The summed E-state index contributed by atoms with van der Waals surface area (Å²) in [4.78, 5) is 2.08. The fraction of sp³-hybridized carbons (Fsp3) is 0.455. The molecule has 1 aromatic carbocycles. The lowest BCUT2D eigenvalue weighted by Gasteiger charge is -2.36. The predicted octanol–water partition coefficient (Wildman–Crippen LogP) is 1.01. The Labute approximate surface area is 110 Å². The van der Waals surface area contributed by atoms with Gasteiger partial charge in [0.05, 0.1) is 17.5 Å². The molecule has 1 atom stereocenters. The molecule has 1 fully saturated rings. The van der Waals surface area contributed by atoms with Crippen molar-refractivity contribution in [1.29, 1.82) is 0 Å². The summed E-state index contributed by atoms with van der Waals surface area (Å²) >= 11 is 3.38. The third-order valence-electron chi connectivity index (χ3n) is 2.96. The van der Waals surface area contributed by atoms with Crippen LogP contribution in [0.5, 0.6) is 0 Å². The summed E-state index contributed by atoms with van der Waals surface area (Å²) in [5.41, 5.74) is 6.69. The fourth-order valence-electron chi connectivity index (χ4n) is 2.05. The molecule has 0 spiro atoms. The molecule has 2 rings (SSSR count). The number of anilines is 1. The van der Waals surface area contributed by atoms with Crippen LogP contribution in [0.3, 0.4) is 0 Å². The quantitative estimate of drug-likeness (QED) is 0.884. The van der Waals surface area contributed by atoms with E-state index < -0.39 is 9.84 Å². The van der Waals surface area contributed by atoms with Gasteiger partial charge >= 0.3 is 0 Å². The van der Waals surface area contributed by atoms with Crippen molar-refractivity contribution in [3.05, 3.63) is 28.7 Å². The van der Waals surface area contributed by atoms with E-state index >= 15 is 0 Å². The van der Waals surface area contributed by atoms with Gasteiger partial charge in [-0.25, -0.2) is 8.42 Å². The molecule has 0 aromatic heterocycles. The van der Waals surface area contributed by atoms with Crippen molar-refractivity contribution in [3.63, 3.8) is 0 Å². The maximum atomic E-state index is 11.6. The second-order valence-corrected chi connectivity index (χ2v) is 7.32. The highest BCUT2D eigenvalue weighted by Gasteiger charge is 2.30. The fourth-order valence-corrected chi connectivity index (χ4v) is 3.86. The van der Waals surface area contributed by atoms with Gasteiger partial charge in [0.25, 0.3) is 0 Å². The molecule has 1 aromatic rings. The van der Waals surface area contributed by atoms with Crippen molar-refractivity contribution in [2.24, 2.45) is 5.73 Å². The van der Waals surface area contributed by atoms with Crippen LogP contribution in [0.4, 0.5) is 5.69 Å². The van der Waals surface area contributed by atoms with Gasteiger partial charge in [-0.1, -0.05) is 15.9 Å². The van der Waals surface area contributed by atoms with Crippen LogP contribution < -0.4 is 10.6 Å². The second-order valence-electron chi connectivity index (χ2n) is 4.17. The highest BCUT2D eigenvalue weighted by molar-refractivity contribution is 9.10. The van der Waals surface area contributed by atoms with Crippen LogP contribution in [-0.2, 0) is 9.84 Å². The Bertz CT molecular complexity index is 487. The van der Waals surface area contributed by atoms with Crippen LogP contribution >= 0.6 is 15.9 Å².